The number of anilines is 1. The van der Waals surface area contributed by atoms with E-state index in [1.807, 2.05) is 13.1 Å². The summed E-state index contributed by atoms with van der Waals surface area (Å²) in [6, 6.07) is 17.1. The summed E-state index contributed by atoms with van der Waals surface area (Å²) in [6.45, 7) is 3.91. The molecule has 5 nitrogen and oxygen atoms in total. The molecule has 1 saturated heterocycles. The van der Waals surface area contributed by atoms with Crippen molar-refractivity contribution in [2.24, 2.45) is 10.9 Å². The number of aliphatic imine (C=N–C) groups is 1. The second kappa shape index (κ2) is 10.4. The van der Waals surface area contributed by atoms with Crippen LogP contribution in [0.1, 0.15) is 12.0 Å². The Kier molecular flexibility index (Phi) is 7.69. The van der Waals surface area contributed by atoms with Crippen LogP contribution in [0.25, 0.3) is 0 Å². The van der Waals surface area contributed by atoms with Gasteiger partial charge in [0.05, 0.1) is 7.11 Å². The number of rotatable bonds is 7. The van der Waals surface area contributed by atoms with Gasteiger partial charge in [-0.25, -0.2) is 0 Å². The van der Waals surface area contributed by atoms with Crippen molar-refractivity contribution in [3.05, 3.63) is 54.1 Å². The molecule has 0 spiro atoms. The van der Waals surface area contributed by atoms with Crippen molar-refractivity contribution in [3.8, 4) is 5.75 Å². The van der Waals surface area contributed by atoms with Crippen molar-refractivity contribution >= 4 is 23.4 Å². The van der Waals surface area contributed by atoms with Gasteiger partial charge < -0.3 is 19.9 Å². The minimum atomic E-state index is 0.604. The summed E-state index contributed by atoms with van der Waals surface area (Å²) in [7, 11) is 5.66. The topological polar surface area (TPSA) is 40.1 Å². The van der Waals surface area contributed by atoms with Gasteiger partial charge in [-0.1, -0.05) is 18.2 Å². The smallest absolute Gasteiger partial charge is 0.193 e. The van der Waals surface area contributed by atoms with E-state index in [0.29, 0.717) is 5.92 Å². The molecule has 0 saturated carbocycles. The van der Waals surface area contributed by atoms with Crippen LogP contribution < -0.4 is 15.0 Å². The van der Waals surface area contributed by atoms with Crippen LogP contribution >= 0.6 is 11.8 Å². The summed E-state index contributed by atoms with van der Waals surface area (Å²) < 4.78 is 5.36. The van der Waals surface area contributed by atoms with Crippen LogP contribution in [0, 0.1) is 5.92 Å². The lowest BCUT2D eigenvalue weighted by atomic mass is 10.1. The minimum absolute atomic E-state index is 0.604. The van der Waals surface area contributed by atoms with E-state index in [1.54, 1.807) is 18.9 Å². The van der Waals surface area contributed by atoms with Gasteiger partial charge in [-0.2, -0.15) is 0 Å². The van der Waals surface area contributed by atoms with Crippen molar-refractivity contribution in [2.75, 3.05) is 52.0 Å². The average Bonchev–Trinajstić information content (AvgIpc) is 3.24. The van der Waals surface area contributed by atoms with Gasteiger partial charge in [-0.05, 0) is 48.4 Å². The second-order valence-electron chi connectivity index (χ2n) is 7.43. The highest BCUT2D eigenvalue weighted by Crippen LogP contribution is 2.26. The van der Waals surface area contributed by atoms with Gasteiger partial charge in [0, 0.05) is 56.9 Å². The maximum absolute atomic E-state index is 5.36. The van der Waals surface area contributed by atoms with E-state index in [4.69, 9.17) is 4.74 Å². The van der Waals surface area contributed by atoms with E-state index >= 15 is 0 Å². The third-order valence-electron chi connectivity index (χ3n) is 5.41. The number of nitrogens with one attached hydrogen (secondary N) is 1. The predicted molar refractivity (Wildman–Crippen MR) is 124 cm³/mol. The summed E-state index contributed by atoms with van der Waals surface area (Å²) in [4.78, 5) is 10.4. The van der Waals surface area contributed by atoms with Crippen molar-refractivity contribution in [1.29, 1.82) is 0 Å². The largest absolute Gasteiger partial charge is 0.497 e. The van der Waals surface area contributed by atoms with Crippen molar-refractivity contribution in [1.82, 2.24) is 10.2 Å². The standard InChI is InChI=1S/C23H32N4OS/c1-24-23(26(2)16-18-8-10-22(29-4)11-9-18)25-15-19-12-13-27(17-19)20-6-5-7-21(14-20)28-3/h5-11,14,19H,12-13,15-17H2,1-4H3,(H,24,25). The lowest BCUT2D eigenvalue weighted by Gasteiger charge is -2.24. The van der Waals surface area contributed by atoms with E-state index in [-0.39, 0.29) is 0 Å². The molecule has 0 aromatic heterocycles. The quantitative estimate of drug-likeness (QED) is 0.424. The molecule has 2 aromatic carbocycles. The zero-order chi connectivity index (χ0) is 20.6. The van der Waals surface area contributed by atoms with E-state index in [2.05, 4.69) is 75.9 Å². The summed E-state index contributed by atoms with van der Waals surface area (Å²) in [5.74, 6) is 2.46. The van der Waals surface area contributed by atoms with Crippen molar-refractivity contribution in [3.63, 3.8) is 0 Å². The fourth-order valence-corrected chi connectivity index (χ4v) is 4.15. The van der Waals surface area contributed by atoms with E-state index in [9.17, 15) is 0 Å². The van der Waals surface area contributed by atoms with Gasteiger partial charge >= 0.3 is 0 Å². The molecule has 3 rings (SSSR count). The normalized spacial score (nSPS) is 16.8. The molecule has 0 radical (unpaired) electrons. The highest BCUT2D eigenvalue weighted by molar-refractivity contribution is 7.98. The molecule has 1 fully saturated rings. The Balaban J connectivity index is 1.50. The number of benzene rings is 2. The van der Waals surface area contributed by atoms with Crippen LogP contribution in [0.4, 0.5) is 5.69 Å². The Labute approximate surface area is 179 Å². The Morgan fingerprint density at radius 1 is 1.28 bits per heavy atom. The SMILES string of the molecule is CN=C(NCC1CCN(c2cccc(OC)c2)C1)N(C)Cc1ccc(SC)cc1. The number of hydrogen-bond acceptors (Lipinski definition) is 4. The van der Waals surface area contributed by atoms with E-state index in [1.165, 1.54) is 22.6 Å². The second-order valence-corrected chi connectivity index (χ2v) is 8.31. The number of hydrogen-bond donors (Lipinski definition) is 1. The molecule has 156 valence electrons. The Bertz CT molecular complexity index is 809. The van der Waals surface area contributed by atoms with Gasteiger partial charge in [0.2, 0.25) is 0 Å². The van der Waals surface area contributed by atoms with Crippen LogP contribution in [0.15, 0.2) is 58.4 Å². The molecule has 1 heterocycles. The number of thioether (sulfide) groups is 1. The van der Waals surface area contributed by atoms with Crippen LogP contribution in [-0.4, -0.2) is 58.0 Å². The summed E-state index contributed by atoms with van der Waals surface area (Å²) in [5, 5.41) is 3.57. The number of methoxy groups -OCH3 is 1. The maximum atomic E-state index is 5.36. The lowest BCUT2D eigenvalue weighted by Crippen LogP contribution is -2.41. The van der Waals surface area contributed by atoms with E-state index < -0.39 is 0 Å². The van der Waals surface area contributed by atoms with Crippen LogP contribution in [-0.2, 0) is 6.54 Å². The first-order valence-corrected chi connectivity index (χ1v) is 11.3. The fraction of sp³-hybridized carbons (Fsp3) is 0.435. The summed E-state index contributed by atoms with van der Waals surface area (Å²) >= 11 is 1.77. The fourth-order valence-electron chi connectivity index (χ4n) is 3.74. The van der Waals surface area contributed by atoms with Crippen molar-refractivity contribution in [2.45, 2.75) is 17.9 Å². The summed E-state index contributed by atoms with van der Waals surface area (Å²) in [5.41, 5.74) is 2.53. The number of nitrogens with zero attached hydrogens (tertiary/aromatic N) is 3. The first kappa shape index (κ1) is 21.4. The molecular formula is C23H32N4OS. The zero-order valence-corrected chi connectivity index (χ0v) is 18.7. The van der Waals surface area contributed by atoms with Gasteiger partial charge in [0.1, 0.15) is 5.75 Å². The van der Waals surface area contributed by atoms with Gasteiger partial charge in [0.25, 0.3) is 0 Å². The average molecular weight is 413 g/mol. The van der Waals surface area contributed by atoms with Gasteiger partial charge in [-0.15, -0.1) is 11.8 Å². The lowest BCUT2D eigenvalue weighted by molar-refractivity contribution is 0.415. The number of ether oxygens (including phenoxy) is 1. The first-order chi connectivity index (χ1) is 14.1. The first-order valence-electron chi connectivity index (χ1n) is 10.1. The van der Waals surface area contributed by atoms with Crippen LogP contribution in [0.2, 0.25) is 0 Å². The molecule has 1 unspecified atom stereocenters. The molecule has 1 aliphatic heterocycles. The molecule has 29 heavy (non-hydrogen) atoms. The highest BCUT2D eigenvalue weighted by atomic mass is 32.2. The van der Waals surface area contributed by atoms with Crippen LogP contribution in [0.5, 0.6) is 5.75 Å². The highest BCUT2D eigenvalue weighted by Gasteiger charge is 2.23. The van der Waals surface area contributed by atoms with Gasteiger partial charge in [-0.3, -0.25) is 4.99 Å². The third kappa shape index (κ3) is 5.82. The Morgan fingerprint density at radius 3 is 2.76 bits per heavy atom. The molecule has 0 bridgehead atoms. The Hall–Kier alpha value is -2.34. The maximum Gasteiger partial charge on any atom is 0.193 e. The van der Waals surface area contributed by atoms with Crippen molar-refractivity contribution < 1.29 is 4.74 Å². The van der Waals surface area contributed by atoms with Gasteiger partial charge in [0.15, 0.2) is 5.96 Å². The molecule has 1 aliphatic rings. The monoisotopic (exact) mass is 412 g/mol. The van der Waals surface area contributed by atoms with Crippen LogP contribution in [0.3, 0.4) is 0 Å². The third-order valence-corrected chi connectivity index (χ3v) is 6.15. The zero-order valence-electron chi connectivity index (χ0n) is 17.9. The van der Waals surface area contributed by atoms with E-state index in [0.717, 1.165) is 37.9 Å². The number of guanidine groups is 1. The molecule has 0 aliphatic carbocycles. The molecule has 1 atom stereocenters. The molecular weight excluding hydrogens is 380 g/mol. The molecule has 2 aromatic rings. The molecule has 6 heteroatoms. The minimum Gasteiger partial charge on any atom is -0.497 e. The molecule has 0 amide bonds. The predicted octanol–water partition coefficient (Wildman–Crippen LogP) is 3.95. The summed E-state index contributed by atoms with van der Waals surface area (Å²) in [6.07, 6.45) is 3.28. The molecule has 1 N–H and O–H groups in total. The Morgan fingerprint density at radius 2 is 2.07 bits per heavy atom.